The van der Waals surface area contributed by atoms with Crippen LogP contribution in [0.5, 0.6) is 0 Å². The number of halogens is 2. The van der Waals surface area contributed by atoms with E-state index in [9.17, 15) is 13.6 Å². The fraction of sp³-hybridized carbons (Fsp3) is 0.375. The van der Waals surface area contributed by atoms with Crippen LogP contribution in [0.4, 0.5) is 26.0 Å². The lowest BCUT2D eigenvalue weighted by atomic mass is 10.0. The molecule has 2 aliphatic rings. The number of anilines is 3. The van der Waals surface area contributed by atoms with Crippen LogP contribution in [0.25, 0.3) is 10.9 Å². The van der Waals surface area contributed by atoms with Gasteiger partial charge in [0.15, 0.2) is 5.82 Å². The molecule has 4 aromatic rings. The predicted molar refractivity (Wildman–Crippen MR) is 161 cm³/mol. The highest BCUT2D eigenvalue weighted by Gasteiger charge is 2.23. The lowest BCUT2D eigenvalue weighted by Crippen LogP contribution is -2.41. The summed E-state index contributed by atoms with van der Waals surface area (Å²) >= 11 is 0. The first kappa shape index (κ1) is 28.1. The molecule has 2 fully saturated rings. The van der Waals surface area contributed by atoms with Crippen molar-refractivity contribution in [3.63, 3.8) is 0 Å². The van der Waals surface area contributed by atoms with Crippen LogP contribution in [-0.4, -0.2) is 61.5 Å². The third-order valence-corrected chi connectivity index (χ3v) is 8.29. The van der Waals surface area contributed by atoms with Crippen LogP contribution < -0.4 is 20.9 Å². The van der Waals surface area contributed by atoms with Gasteiger partial charge in [0.2, 0.25) is 0 Å². The maximum atomic E-state index is 13.7. The van der Waals surface area contributed by atoms with Gasteiger partial charge in [-0.1, -0.05) is 6.07 Å². The first-order valence-electron chi connectivity index (χ1n) is 14.6. The second kappa shape index (κ2) is 12.5. The Morgan fingerprint density at radius 2 is 1.71 bits per heavy atom. The number of carbonyl (C=O) groups excluding carboxylic acids is 1. The average molecular weight is 575 g/mol. The lowest BCUT2D eigenvalue weighted by molar-refractivity contribution is 0.0904. The van der Waals surface area contributed by atoms with Crippen molar-refractivity contribution in [2.24, 2.45) is 0 Å². The molecule has 0 spiro atoms. The van der Waals surface area contributed by atoms with Crippen LogP contribution in [0.2, 0.25) is 0 Å². The molecular formula is C32H36F2N6O2. The van der Waals surface area contributed by atoms with E-state index in [2.05, 4.69) is 37.1 Å². The number of aromatic amines is 1. The van der Waals surface area contributed by atoms with E-state index in [0.29, 0.717) is 42.6 Å². The number of H-pyrrole nitrogens is 1. The second-order valence-corrected chi connectivity index (χ2v) is 11.2. The Hall–Kier alpha value is -4.02. The number of amides is 1. The third-order valence-electron chi connectivity index (χ3n) is 8.29. The van der Waals surface area contributed by atoms with Gasteiger partial charge in [-0.15, -0.1) is 0 Å². The van der Waals surface area contributed by atoms with Crippen molar-refractivity contribution in [1.29, 1.82) is 0 Å². The number of piperidine rings is 1. The molecule has 2 aliphatic heterocycles. The Morgan fingerprint density at radius 1 is 0.952 bits per heavy atom. The average Bonchev–Trinajstić information content (AvgIpc) is 3.39. The highest BCUT2D eigenvalue weighted by Crippen LogP contribution is 2.30. The minimum Gasteiger partial charge on any atom is -0.381 e. The fourth-order valence-electron chi connectivity index (χ4n) is 5.92. The van der Waals surface area contributed by atoms with Crippen molar-refractivity contribution in [3.8, 4) is 0 Å². The van der Waals surface area contributed by atoms with Gasteiger partial charge in [0.05, 0.1) is 11.1 Å². The number of nitrogens with one attached hydrogen (secondary N) is 4. The minimum atomic E-state index is -0.610. The second-order valence-electron chi connectivity index (χ2n) is 11.2. The van der Waals surface area contributed by atoms with E-state index in [1.54, 1.807) is 0 Å². The van der Waals surface area contributed by atoms with Crippen LogP contribution in [0.1, 0.15) is 47.2 Å². The highest BCUT2D eigenvalue weighted by atomic mass is 19.1. The summed E-state index contributed by atoms with van der Waals surface area (Å²) in [6, 6.07) is 15.9. The SMILES string of the molecule is CNC1CCN(c2ccc(C(=O)Nc3n[nH]c4ccc(Cc5cc(F)cc(F)c5)cc34)c(NC3CCOCC3)c2)CC1. The summed E-state index contributed by atoms with van der Waals surface area (Å²) < 4.78 is 33.0. The highest BCUT2D eigenvalue weighted by molar-refractivity contribution is 6.11. The molecule has 0 atom stereocenters. The van der Waals surface area contributed by atoms with Gasteiger partial charge in [-0.2, -0.15) is 5.10 Å². The predicted octanol–water partition coefficient (Wildman–Crippen LogP) is 5.46. The quantitative estimate of drug-likeness (QED) is 0.223. The van der Waals surface area contributed by atoms with Gasteiger partial charge in [0.1, 0.15) is 11.6 Å². The molecule has 4 N–H and O–H groups in total. The molecule has 1 amide bonds. The van der Waals surface area contributed by atoms with Gasteiger partial charge in [0.25, 0.3) is 5.91 Å². The molecular weight excluding hydrogens is 538 g/mol. The van der Waals surface area contributed by atoms with E-state index in [-0.39, 0.29) is 11.9 Å². The number of ether oxygens (including phenoxy) is 1. The van der Waals surface area contributed by atoms with E-state index in [1.165, 1.54) is 12.1 Å². The zero-order valence-corrected chi connectivity index (χ0v) is 23.7. The molecule has 0 bridgehead atoms. The molecule has 3 aromatic carbocycles. The maximum absolute atomic E-state index is 13.7. The van der Waals surface area contributed by atoms with E-state index in [0.717, 1.165) is 72.7 Å². The number of rotatable bonds is 8. The third kappa shape index (κ3) is 6.39. The zero-order valence-electron chi connectivity index (χ0n) is 23.7. The Kier molecular flexibility index (Phi) is 8.34. The van der Waals surface area contributed by atoms with Crippen LogP contribution in [0.15, 0.2) is 54.6 Å². The van der Waals surface area contributed by atoms with Crippen LogP contribution in [0.3, 0.4) is 0 Å². The molecule has 0 radical (unpaired) electrons. The zero-order chi connectivity index (χ0) is 29.1. The minimum absolute atomic E-state index is 0.219. The van der Waals surface area contributed by atoms with E-state index in [1.807, 2.05) is 37.4 Å². The number of carbonyl (C=O) groups is 1. The standard InChI is InChI=1S/C32H36F2N6O2/c1-35-24-6-10-40(11-7-24)26-3-4-27(30(19-26)36-25-8-12-42-13-9-25)32(41)37-31-28-17-20(2-5-29(28)38-39-31)14-21-15-22(33)18-23(34)16-21/h2-5,15-19,24-25,35-36H,6-14H2,1H3,(H2,37,38,39,41). The molecule has 2 saturated heterocycles. The van der Waals surface area contributed by atoms with Crippen LogP contribution >= 0.6 is 0 Å². The largest absolute Gasteiger partial charge is 0.381 e. The monoisotopic (exact) mass is 574 g/mol. The smallest absolute Gasteiger partial charge is 0.258 e. The molecule has 6 rings (SSSR count). The molecule has 0 aliphatic carbocycles. The number of aromatic nitrogens is 2. The van der Waals surface area contributed by atoms with Crippen molar-refractivity contribution in [3.05, 3.63) is 82.9 Å². The Morgan fingerprint density at radius 3 is 2.45 bits per heavy atom. The van der Waals surface area contributed by atoms with Crippen molar-refractivity contribution < 1.29 is 18.3 Å². The van der Waals surface area contributed by atoms with Gasteiger partial charge < -0.3 is 25.6 Å². The summed E-state index contributed by atoms with van der Waals surface area (Å²) in [6.07, 6.45) is 4.24. The lowest BCUT2D eigenvalue weighted by Gasteiger charge is -2.34. The van der Waals surface area contributed by atoms with Crippen molar-refractivity contribution in [1.82, 2.24) is 15.5 Å². The molecule has 3 heterocycles. The fourth-order valence-corrected chi connectivity index (χ4v) is 5.92. The van der Waals surface area contributed by atoms with Gasteiger partial charge in [-0.25, -0.2) is 8.78 Å². The summed E-state index contributed by atoms with van der Waals surface area (Å²) in [7, 11) is 2.01. The van der Waals surface area contributed by atoms with E-state index in [4.69, 9.17) is 4.74 Å². The first-order valence-corrected chi connectivity index (χ1v) is 14.6. The van der Waals surface area contributed by atoms with Gasteiger partial charge in [-0.05, 0) is 92.7 Å². The number of hydrogen-bond donors (Lipinski definition) is 4. The summed E-state index contributed by atoms with van der Waals surface area (Å²) in [6.45, 7) is 3.30. The van der Waals surface area contributed by atoms with Gasteiger partial charge in [0, 0.05) is 61.2 Å². The molecule has 0 unspecified atom stereocenters. The topological polar surface area (TPSA) is 94.3 Å². The van der Waals surface area contributed by atoms with Crippen LogP contribution in [-0.2, 0) is 11.2 Å². The van der Waals surface area contributed by atoms with Gasteiger partial charge >= 0.3 is 0 Å². The molecule has 220 valence electrons. The van der Waals surface area contributed by atoms with Crippen molar-refractivity contribution in [2.45, 2.75) is 44.2 Å². The molecule has 1 aromatic heterocycles. The van der Waals surface area contributed by atoms with Crippen molar-refractivity contribution in [2.75, 3.05) is 48.9 Å². The molecule has 0 saturated carbocycles. The van der Waals surface area contributed by atoms with Crippen molar-refractivity contribution >= 4 is 34.0 Å². The van der Waals surface area contributed by atoms with Crippen LogP contribution in [0, 0.1) is 11.6 Å². The summed E-state index contributed by atoms with van der Waals surface area (Å²) in [5.74, 6) is -1.09. The number of fused-ring (bicyclic) bond motifs is 1. The summed E-state index contributed by atoms with van der Waals surface area (Å²) in [4.78, 5) is 16.1. The Balaban J connectivity index is 1.24. The molecule has 10 heteroatoms. The molecule has 8 nitrogen and oxygen atoms in total. The maximum Gasteiger partial charge on any atom is 0.258 e. The van der Waals surface area contributed by atoms with E-state index >= 15 is 0 Å². The van der Waals surface area contributed by atoms with Gasteiger partial charge in [-0.3, -0.25) is 9.89 Å². The summed E-state index contributed by atoms with van der Waals surface area (Å²) in [5.41, 5.74) is 4.55. The summed E-state index contributed by atoms with van der Waals surface area (Å²) in [5, 5.41) is 18.0. The normalized spacial score (nSPS) is 16.6. The number of benzene rings is 3. The Bertz CT molecular complexity index is 1540. The first-order chi connectivity index (χ1) is 20.4. The molecule has 42 heavy (non-hydrogen) atoms. The number of nitrogens with zero attached hydrogens (tertiary/aromatic N) is 2. The Labute approximate surface area is 243 Å². The van der Waals surface area contributed by atoms with E-state index < -0.39 is 11.6 Å². The number of hydrogen-bond acceptors (Lipinski definition) is 6.